The zero-order valence-corrected chi connectivity index (χ0v) is 17.3. The number of pyridine rings is 1. The van der Waals surface area contributed by atoms with Gasteiger partial charge < -0.3 is 4.42 Å². The summed E-state index contributed by atoms with van der Waals surface area (Å²) < 4.78 is 19.9. The summed E-state index contributed by atoms with van der Waals surface area (Å²) in [5.41, 5.74) is 3.02. The topological polar surface area (TPSA) is 58.7 Å². The number of carbonyl (C=O) groups is 1. The fourth-order valence-corrected chi connectivity index (χ4v) is 4.08. The second-order valence-corrected chi connectivity index (χ2v) is 7.80. The van der Waals surface area contributed by atoms with E-state index >= 15 is 0 Å². The highest BCUT2D eigenvalue weighted by Crippen LogP contribution is 2.38. The summed E-state index contributed by atoms with van der Waals surface area (Å²) in [4.78, 5) is 17.8. The minimum atomic E-state index is -0.605. The molecular formula is C24H17ClFN3O2. The van der Waals surface area contributed by atoms with Gasteiger partial charge in [0.2, 0.25) is 0 Å². The molecule has 0 N–H and O–H groups in total. The summed E-state index contributed by atoms with van der Waals surface area (Å²) in [7, 11) is 0. The molecule has 7 heteroatoms. The Hall–Kier alpha value is -3.51. The van der Waals surface area contributed by atoms with Crippen molar-refractivity contribution in [3.8, 4) is 0 Å². The Morgan fingerprint density at radius 1 is 1.16 bits per heavy atom. The van der Waals surface area contributed by atoms with E-state index in [4.69, 9.17) is 16.0 Å². The molecule has 1 aliphatic rings. The Kier molecular flexibility index (Phi) is 4.79. The molecule has 0 saturated heterocycles. The molecule has 1 atom stereocenters. The molecule has 2 aromatic heterocycles. The molecule has 0 fully saturated rings. The molecule has 0 bridgehead atoms. The molecule has 1 aliphatic heterocycles. The number of rotatable bonds is 3. The van der Waals surface area contributed by atoms with E-state index in [0.717, 1.165) is 16.5 Å². The predicted molar refractivity (Wildman–Crippen MR) is 117 cm³/mol. The van der Waals surface area contributed by atoms with Gasteiger partial charge >= 0.3 is 0 Å². The lowest BCUT2D eigenvalue weighted by Crippen LogP contribution is -2.28. The lowest BCUT2D eigenvalue weighted by atomic mass is 9.99. The molecule has 1 unspecified atom stereocenters. The summed E-state index contributed by atoms with van der Waals surface area (Å²) in [5, 5.41) is 6.96. The number of aryl methyl sites for hydroxylation is 1. The van der Waals surface area contributed by atoms with Crippen LogP contribution in [-0.2, 0) is 0 Å². The van der Waals surface area contributed by atoms with Gasteiger partial charge in [-0.1, -0.05) is 35.4 Å². The maximum absolute atomic E-state index is 14.4. The van der Waals surface area contributed by atoms with Crippen LogP contribution < -0.4 is 0 Å². The first-order chi connectivity index (χ1) is 15.0. The molecule has 0 aliphatic carbocycles. The van der Waals surface area contributed by atoms with Gasteiger partial charge in [0, 0.05) is 17.4 Å². The fraction of sp³-hybridized carbons (Fsp3) is 0.125. The highest BCUT2D eigenvalue weighted by molar-refractivity contribution is 6.30. The van der Waals surface area contributed by atoms with Crippen molar-refractivity contribution in [2.75, 3.05) is 0 Å². The van der Waals surface area contributed by atoms with Crippen LogP contribution in [0, 0.1) is 12.7 Å². The highest BCUT2D eigenvalue weighted by atomic mass is 35.5. The maximum Gasteiger partial charge on any atom is 0.277 e. The second-order valence-electron chi connectivity index (χ2n) is 7.44. The summed E-state index contributed by atoms with van der Waals surface area (Å²) in [6.07, 6.45) is 1.91. The van der Waals surface area contributed by atoms with Gasteiger partial charge in [0.05, 0.1) is 23.4 Å². The van der Waals surface area contributed by atoms with Gasteiger partial charge in [-0.05, 0) is 49.4 Å². The number of carbonyl (C=O) groups excluding carboxylic acids is 1. The van der Waals surface area contributed by atoms with Crippen molar-refractivity contribution in [1.29, 1.82) is 0 Å². The third-order valence-corrected chi connectivity index (χ3v) is 5.64. The van der Waals surface area contributed by atoms with Gasteiger partial charge in [0.15, 0.2) is 0 Å². The third-order valence-electron chi connectivity index (χ3n) is 5.34. The average molecular weight is 434 g/mol. The molecule has 5 nitrogen and oxygen atoms in total. The number of hydrazone groups is 1. The molecule has 1 amide bonds. The van der Waals surface area contributed by atoms with Crippen LogP contribution in [0.25, 0.3) is 10.9 Å². The van der Waals surface area contributed by atoms with E-state index in [9.17, 15) is 9.18 Å². The van der Waals surface area contributed by atoms with Crippen molar-refractivity contribution in [1.82, 2.24) is 9.99 Å². The van der Waals surface area contributed by atoms with E-state index in [-0.39, 0.29) is 10.7 Å². The number of nitrogens with zero attached hydrogens (tertiary/aromatic N) is 3. The molecule has 4 aromatic rings. The van der Waals surface area contributed by atoms with E-state index in [1.165, 1.54) is 23.2 Å². The van der Waals surface area contributed by atoms with Crippen LogP contribution in [0.5, 0.6) is 0 Å². The normalized spacial score (nSPS) is 16.0. The Bertz CT molecular complexity index is 1330. The van der Waals surface area contributed by atoms with Gasteiger partial charge in [-0.15, -0.1) is 0 Å². The molecule has 5 rings (SSSR count). The number of hydrogen-bond acceptors (Lipinski definition) is 4. The van der Waals surface area contributed by atoms with Crippen molar-refractivity contribution in [3.05, 3.63) is 100 Å². The van der Waals surface area contributed by atoms with Gasteiger partial charge in [-0.3, -0.25) is 4.79 Å². The van der Waals surface area contributed by atoms with Crippen LogP contribution in [0.1, 0.15) is 39.7 Å². The number of hydrogen-bond donors (Lipinski definition) is 0. The first-order valence-corrected chi connectivity index (χ1v) is 10.2. The van der Waals surface area contributed by atoms with E-state index < -0.39 is 17.8 Å². The third kappa shape index (κ3) is 3.49. The van der Waals surface area contributed by atoms with E-state index in [1.807, 2.05) is 31.2 Å². The molecule has 3 heterocycles. The van der Waals surface area contributed by atoms with Gasteiger partial charge in [-0.25, -0.2) is 14.4 Å². The van der Waals surface area contributed by atoms with Crippen molar-refractivity contribution in [3.63, 3.8) is 0 Å². The Labute approximate surface area is 182 Å². The number of amides is 1. The number of benzene rings is 2. The SMILES string of the molecule is Cc1ccc2nc(Cl)c(C3CC(c4ccco4)=NN3C(=O)c3ccccc3F)cc2c1. The predicted octanol–water partition coefficient (Wildman–Crippen LogP) is 5.92. The second kappa shape index (κ2) is 7.63. The zero-order chi connectivity index (χ0) is 21.5. The van der Waals surface area contributed by atoms with Crippen LogP contribution in [0.3, 0.4) is 0 Å². The highest BCUT2D eigenvalue weighted by Gasteiger charge is 2.37. The fourth-order valence-electron chi connectivity index (χ4n) is 3.81. The summed E-state index contributed by atoms with van der Waals surface area (Å²) in [6, 6.07) is 16.6. The van der Waals surface area contributed by atoms with E-state index in [0.29, 0.717) is 23.5 Å². The smallest absolute Gasteiger partial charge is 0.277 e. The van der Waals surface area contributed by atoms with Crippen molar-refractivity contribution >= 4 is 34.1 Å². The standard InChI is InChI=1S/C24H17ClFN3O2/c1-14-8-9-19-15(11-14)12-17(23(25)27-19)21-13-20(22-7-4-10-31-22)28-29(21)24(30)16-5-2-3-6-18(16)26/h2-12,21H,13H2,1H3. The quantitative estimate of drug-likeness (QED) is 0.377. The number of fused-ring (bicyclic) bond motifs is 1. The first-order valence-electron chi connectivity index (χ1n) is 9.77. The molecule has 0 saturated carbocycles. The van der Waals surface area contributed by atoms with Crippen LogP contribution in [0.15, 0.2) is 76.4 Å². The number of halogens is 2. The van der Waals surface area contributed by atoms with Gasteiger partial charge in [0.25, 0.3) is 5.91 Å². The Balaban J connectivity index is 1.63. The number of furan rings is 1. The molecule has 154 valence electrons. The molecule has 2 aromatic carbocycles. The largest absolute Gasteiger partial charge is 0.463 e. The van der Waals surface area contributed by atoms with Gasteiger partial charge in [-0.2, -0.15) is 5.10 Å². The molecule has 0 spiro atoms. The Morgan fingerprint density at radius 3 is 2.77 bits per heavy atom. The first kappa shape index (κ1) is 19.5. The summed E-state index contributed by atoms with van der Waals surface area (Å²) in [5.74, 6) is -0.606. The lowest BCUT2D eigenvalue weighted by molar-refractivity contribution is 0.0706. The molecule has 31 heavy (non-hydrogen) atoms. The van der Waals surface area contributed by atoms with Crippen LogP contribution in [0.2, 0.25) is 5.15 Å². The molecular weight excluding hydrogens is 417 g/mol. The molecule has 0 radical (unpaired) electrons. The van der Waals surface area contributed by atoms with Crippen LogP contribution in [0.4, 0.5) is 4.39 Å². The van der Waals surface area contributed by atoms with Crippen molar-refractivity contribution in [2.45, 2.75) is 19.4 Å². The van der Waals surface area contributed by atoms with Crippen LogP contribution in [-0.4, -0.2) is 21.6 Å². The summed E-state index contributed by atoms with van der Waals surface area (Å²) >= 11 is 6.55. The lowest BCUT2D eigenvalue weighted by Gasteiger charge is -2.23. The van der Waals surface area contributed by atoms with Crippen LogP contribution >= 0.6 is 11.6 Å². The van der Waals surface area contributed by atoms with E-state index in [2.05, 4.69) is 10.1 Å². The minimum absolute atomic E-state index is 0.0577. The zero-order valence-electron chi connectivity index (χ0n) is 16.5. The summed E-state index contributed by atoms with van der Waals surface area (Å²) in [6.45, 7) is 2.00. The van der Waals surface area contributed by atoms with E-state index in [1.54, 1.807) is 24.5 Å². The Morgan fingerprint density at radius 2 is 2.00 bits per heavy atom. The number of aromatic nitrogens is 1. The van der Waals surface area contributed by atoms with Crippen molar-refractivity contribution in [2.24, 2.45) is 5.10 Å². The van der Waals surface area contributed by atoms with Crippen molar-refractivity contribution < 1.29 is 13.6 Å². The van der Waals surface area contributed by atoms with Gasteiger partial charge in [0.1, 0.15) is 22.4 Å². The maximum atomic E-state index is 14.4. The minimum Gasteiger partial charge on any atom is -0.463 e. The monoisotopic (exact) mass is 433 g/mol. The average Bonchev–Trinajstić information content (AvgIpc) is 3.43.